The molecule has 0 aliphatic carbocycles. The summed E-state index contributed by atoms with van der Waals surface area (Å²) in [7, 11) is 4.07. The molecule has 0 aromatic rings. The highest BCUT2D eigenvalue weighted by atomic mass is 16.5. The summed E-state index contributed by atoms with van der Waals surface area (Å²) in [6, 6.07) is 0. The first-order valence-corrected chi connectivity index (χ1v) is 19.9. The van der Waals surface area contributed by atoms with Crippen molar-refractivity contribution >= 4 is 11.9 Å². The molecule has 0 heterocycles. The smallest absolute Gasteiger partial charge is 0.306 e. The van der Waals surface area contributed by atoms with Gasteiger partial charge in [0.1, 0.15) is 12.7 Å². The highest BCUT2D eigenvalue weighted by Gasteiger charge is 2.14. The molecular formula is C41H77NO5. The Bertz CT molecular complexity index is 735. The van der Waals surface area contributed by atoms with E-state index in [0.29, 0.717) is 19.4 Å². The molecule has 47 heavy (non-hydrogen) atoms. The van der Waals surface area contributed by atoms with Crippen LogP contribution in [0.1, 0.15) is 181 Å². The van der Waals surface area contributed by atoms with Gasteiger partial charge in [-0.05, 0) is 91.3 Å². The highest BCUT2D eigenvalue weighted by Crippen LogP contribution is 2.18. The van der Waals surface area contributed by atoms with Crippen molar-refractivity contribution in [2.45, 2.75) is 187 Å². The number of ether oxygens (including phenoxy) is 3. The Morgan fingerprint density at radius 2 is 1.06 bits per heavy atom. The van der Waals surface area contributed by atoms with Crippen LogP contribution >= 0.6 is 0 Å². The van der Waals surface area contributed by atoms with Crippen molar-refractivity contribution in [1.29, 1.82) is 0 Å². The molecule has 0 spiro atoms. The zero-order valence-corrected chi connectivity index (χ0v) is 31.6. The van der Waals surface area contributed by atoms with E-state index in [-0.39, 0.29) is 18.0 Å². The number of unbranched alkanes of at least 4 members (excludes halogenated alkanes) is 17. The minimum atomic E-state index is -0.0913. The zero-order chi connectivity index (χ0) is 34.5. The van der Waals surface area contributed by atoms with Crippen molar-refractivity contribution in [3.63, 3.8) is 0 Å². The summed E-state index contributed by atoms with van der Waals surface area (Å²) in [5.41, 5.74) is 0. The van der Waals surface area contributed by atoms with Crippen molar-refractivity contribution in [3.8, 4) is 0 Å². The van der Waals surface area contributed by atoms with E-state index in [9.17, 15) is 9.59 Å². The first kappa shape index (κ1) is 45.3. The molecule has 0 saturated heterocycles. The molecule has 0 bridgehead atoms. The lowest BCUT2D eigenvalue weighted by atomic mass is 10.0. The van der Waals surface area contributed by atoms with E-state index in [0.717, 1.165) is 90.4 Å². The Kier molecular flexibility index (Phi) is 35.9. The van der Waals surface area contributed by atoms with Crippen LogP contribution in [0, 0.1) is 0 Å². The number of carbonyl (C=O) groups is 2. The molecule has 6 heteroatoms. The molecule has 276 valence electrons. The molecule has 0 aromatic heterocycles. The molecular weight excluding hydrogens is 586 g/mol. The summed E-state index contributed by atoms with van der Waals surface area (Å²) in [5, 5.41) is 0. The molecule has 0 rings (SSSR count). The Morgan fingerprint density at radius 3 is 1.66 bits per heavy atom. The molecule has 0 amide bonds. The number of nitrogens with zero attached hydrogens (tertiary/aromatic N) is 1. The van der Waals surface area contributed by atoms with Gasteiger partial charge >= 0.3 is 11.9 Å². The summed E-state index contributed by atoms with van der Waals surface area (Å²) in [4.78, 5) is 26.6. The molecule has 1 unspecified atom stereocenters. The highest BCUT2D eigenvalue weighted by molar-refractivity contribution is 5.69. The Morgan fingerprint density at radius 1 is 0.553 bits per heavy atom. The van der Waals surface area contributed by atoms with E-state index in [4.69, 9.17) is 14.2 Å². The monoisotopic (exact) mass is 664 g/mol. The third kappa shape index (κ3) is 37.0. The maximum atomic E-state index is 12.5. The minimum absolute atomic E-state index is 0.0321. The van der Waals surface area contributed by atoms with E-state index >= 15 is 0 Å². The fourth-order valence-electron chi connectivity index (χ4n) is 5.62. The second-order valence-corrected chi connectivity index (χ2v) is 13.6. The van der Waals surface area contributed by atoms with Gasteiger partial charge in [0, 0.05) is 19.4 Å². The van der Waals surface area contributed by atoms with Crippen LogP contribution < -0.4 is 0 Å². The van der Waals surface area contributed by atoms with Crippen molar-refractivity contribution < 1.29 is 23.8 Å². The van der Waals surface area contributed by atoms with Gasteiger partial charge in [-0.1, -0.05) is 122 Å². The maximum Gasteiger partial charge on any atom is 0.306 e. The third-order valence-electron chi connectivity index (χ3n) is 8.59. The maximum absolute atomic E-state index is 12.5. The van der Waals surface area contributed by atoms with Gasteiger partial charge in [-0.2, -0.15) is 0 Å². The molecule has 0 aromatic carbocycles. The summed E-state index contributed by atoms with van der Waals surface area (Å²) in [5.74, 6) is -0.139. The molecule has 0 radical (unpaired) electrons. The van der Waals surface area contributed by atoms with Crippen LogP contribution in [-0.4, -0.2) is 63.4 Å². The largest absolute Gasteiger partial charge is 0.462 e. The van der Waals surface area contributed by atoms with E-state index in [1.54, 1.807) is 0 Å². The second-order valence-electron chi connectivity index (χ2n) is 13.6. The van der Waals surface area contributed by atoms with Gasteiger partial charge in [-0.15, -0.1) is 0 Å². The predicted molar refractivity (Wildman–Crippen MR) is 200 cm³/mol. The first-order valence-electron chi connectivity index (χ1n) is 19.9. The van der Waals surface area contributed by atoms with Crippen LogP contribution in [0.25, 0.3) is 0 Å². The standard InChI is InChI=1S/C41H77NO5/c1-5-7-9-11-14-21-27-36-45-37-28-22-16-13-18-24-31-39(47-41(44)34-30-35-42(3)4)32-25-19-17-20-26-33-40(43)46-38-29-23-15-12-10-8-6-2/h21,23,27,29,39H,5-20,22,24-26,28,30-38H2,1-4H3. The van der Waals surface area contributed by atoms with Crippen LogP contribution in [0.5, 0.6) is 0 Å². The fraction of sp³-hybridized carbons (Fsp3) is 0.854. The molecule has 0 aliphatic heterocycles. The summed E-state index contributed by atoms with van der Waals surface area (Å²) >= 11 is 0. The lowest BCUT2D eigenvalue weighted by molar-refractivity contribution is -0.150. The molecule has 1 atom stereocenters. The number of hydrogen-bond donors (Lipinski definition) is 0. The van der Waals surface area contributed by atoms with E-state index in [1.165, 1.54) is 83.5 Å². The predicted octanol–water partition coefficient (Wildman–Crippen LogP) is 11.3. The van der Waals surface area contributed by atoms with Gasteiger partial charge in [0.25, 0.3) is 0 Å². The fourth-order valence-corrected chi connectivity index (χ4v) is 5.62. The van der Waals surface area contributed by atoms with Crippen molar-refractivity contribution in [2.24, 2.45) is 0 Å². The molecule has 0 N–H and O–H groups in total. The summed E-state index contributed by atoms with van der Waals surface area (Å²) < 4.78 is 17.0. The number of hydrogen-bond acceptors (Lipinski definition) is 6. The number of esters is 2. The average Bonchev–Trinajstić information content (AvgIpc) is 3.04. The Labute approximate surface area is 291 Å². The van der Waals surface area contributed by atoms with Gasteiger partial charge in [-0.3, -0.25) is 9.59 Å². The van der Waals surface area contributed by atoms with Crippen molar-refractivity contribution in [3.05, 3.63) is 24.3 Å². The quantitative estimate of drug-likeness (QED) is 0.0377. The van der Waals surface area contributed by atoms with Gasteiger partial charge < -0.3 is 19.1 Å². The zero-order valence-electron chi connectivity index (χ0n) is 31.6. The van der Waals surface area contributed by atoms with Crippen LogP contribution in [0.2, 0.25) is 0 Å². The average molecular weight is 664 g/mol. The van der Waals surface area contributed by atoms with Gasteiger partial charge in [0.2, 0.25) is 0 Å². The van der Waals surface area contributed by atoms with Gasteiger partial charge in [-0.25, -0.2) is 0 Å². The van der Waals surface area contributed by atoms with E-state index < -0.39 is 0 Å². The number of rotatable bonds is 36. The summed E-state index contributed by atoms with van der Waals surface area (Å²) in [6.45, 7) is 7.37. The van der Waals surface area contributed by atoms with Crippen molar-refractivity contribution in [2.75, 3.05) is 40.5 Å². The SMILES string of the molecule is CCCCCCC=CCOCCCCCCCCC(CCCCCCCC(=O)OCC=CCCCCCC)OC(=O)CCCN(C)C. The number of carbonyl (C=O) groups excluding carboxylic acids is 2. The van der Waals surface area contributed by atoms with Crippen LogP contribution in [0.4, 0.5) is 0 Å². The molecule has 0 saturated carbocycles. The molecule has 0 fully saturated rings. The van der Waals surface area contributed by atoms with Crippen molar-refractivity contribution in [1.82, 2.24) is 4.90 Å². The number of allylic oxidation sites excluding steroid dienone is 2. The van der Waals surface area contributed by atoms with Crippen LogP contribution in [-0.2, 0) is 23.8 Å². The molecule has 6 nitrogen and oxygen atoms in total. The lowest BCUT2D eigenvalue weighted by Gasteiger charge is -2.18. The van der Waals surface area contributed by atoms with E-state index in [2.05, 4.69) is 37.0 Å². The Balaban J connectivity index is 4.02. The first-order chi connectivity index (χ1) is 23.0. The summed E-state index contributed by atoms with van der Waals surface area (Å²) in [6.07, 6.45) is 37.2. The Hall–Kier alpha value is -1.66. The lowest BCUT2D eigenvalue weighted by Crippen LogP contribution is -2.20. The molecule has 0 aliphatic rings. The normalized spacial score (nSPS) is 12.4. The van der Waals surface area contributed by atoms with E-state index in [1.807, 2.05) is 20.2 Å². The van der Waals surface area contributed by atoms with Gasteiger partial charge in [0.05, 0.1) is 6.61 Å². The second kappa shape index (κ2) is 37.2. The van der Waals surface area contributed by atoms with Gasteiger partial charge in [0.15, 0.2) is 0 Å². The van der Waals surface area contributed by atoms with Crippen LogP contribution in [0.3, 0.4) is 0 Å². The van der Waals surface area contributed by atoms with Crippen LogP contribution in [0.15, 0.2) is 24.3 Å². The third-order valence-corrected chi connectivity index (χ3v) is 8.59. The topological polar surface area (TPSA) is 65.1 Å². The minimum Gasteiger partial charge on any atom is -0.462 e.